The van der Waals surface area contributed by atoms with Crippen molar-refractivity contribution >= 4 is 56.4 Å². The molecule has 0 fully saturated rings. The highest BCUT2D eigenvalue weighted by Crippen LogP contribution is 2.43. The molecule has 0 bridgehead atoms. The van der Waals surface area contributed by atoms with E-state index < -0.39 is 63.3 Å². The molecule has 0 saturated carbocycles. The van der Waals surface area contributed by atoms with Crippen molar-refractivity contribution in [3.8, 4) is 34.1 Å². The van der Waals surface area contributed by atoms with E-state index in [0.717, 1.165) is 56.3 Å². The van der Waals surface area contributed by atoms with Crippen LogP contribution in [-0.4, -0.2) is 147 Å². The Hall–Kier alpha value is -7.68. The van der Waals surface area contributed by atoms with Gasteiger partial charge < -0.3 is 54.8 Å². The lowest BCUT2D eigenvalue weighted by molar-refractivity contribution is -0.172. The second-order valence-electron chi connectivity index (χ2n) is 21.3. The van der Waals surface area contributed by atoms with Crippen LogP contribution in [0.1, 0.15) is 121 Å². The van der Waals surface area contributed by atoms with Gasteiger partial charge in [-0.1, -0.05) is 58.4 Å². The summed E-state index contributed by atoms with van der Waals surface area (Å²) in [6.45, 7) is 12.2. The van der Waals surface area contributed by atoms with E-state index in [1.54, 1.807) is 40.6 Å². The molecule has 446 valence electrons. The minimum atomic E-state index is -3.54. The highest BCUT2D eigenvalue weighted by molar-refractivity contribution is 7.90. The van der Waals surface area contributed by atoms with Crippen molar-refractivity contribution in [1.82, 2.24) is 60.7 Å². The molecule has 3 aliphatic heterocycles. The summed E-state index contributed by atoms with van der Waals surface area (Å²) in [6.07, 6.45) is 14.9. The molecule has 0 spiro atoms. The topological polar surface area (TPSA) is 319 Å². The van der Waals surface area contributed by atoms with Crippen LogP contribution in [0.5, 0.6) is 11.5 Å². The molecule has 0 saturated heterocycles. The van der Waals surface area contributed by atoms with Crippen molar-refractivity contribution in [3.63, 3.8) is 0 Å². The number of rotatable bonds is 30. The van der Waals surface area contributed by atoms with Crippen LogP contribution < -0.4 is 36.3 Å². The molecular formula is C57H74N12O13S. The number of fused-ring (bicyclic) bond motifs is 6. The van der Waals surface area contributed by atoms with E-state index in [1.807, 2.05) is 26.0 Å². The predicted octanol–water partition coefficient (Wildman–Crippen LogP) is 3.66. The number of esters is 1. The van der Waals surface area contributed by atoms with Crippen LogP contribution in [0, 0.1) is 5.92 Å². The van der Waals surface area contributed by atoms with Gasteiger partial charge in [0.1, 0.15) is 31.1 Å². The van der Waals surface area contributed by atoms with E-state index in [2.05, 4.69) is 60.3 Å². The second kappa shape index (κ2) is 27.6. The monoisotopic (exact) mass is 1170 g/mol. The number of pyridine rings is 2. The van der Waals surface area contributed by atoms with E-state index in [0.29, 0.717) is 83.7 Å². The Labute approximate surface area is 481 Å². The Morgan fingerprint density at radius 1 is 0.892 bits per heavy atom. The largest absolute Gasteiger partial charge is 0.458 e. The summed E-state index contributed by atoms with van der Waals surface area (Å²) in [4.78, 5) is 95.9. The van der Waals surface area contributed by atoms with Gasteiger partial charge in [-0.15, -0.1) is 5.10 Å². The third-order valence-electron chi connectivity index (χ3n) is 14.8. The van der Waals surface area contributed by atoms with E-state index in [4.69, 9.17) is 23.9 Å². The Morgan fingerprint density at radius 2 is 1.64 bits per heavy atom. The summed E-state index contributed by atoms with van der Waals surface area (Å²) >= 11 is 0. The van der Waals surface area contributed by atoms with Gasteiger partial charge in [0.25, 0.3) is 5.56 Å². The molecule has 0 aliphatic carbocycles. The number of hydrogen-bond donors (Lipinski definition) is 5. The van der Waals surface area contributed by atoms with Gasteiger partial charge in [-0.3, -0.25) is 28.7 Å². The van der Waals surface area contributed by atoms with Gasteiger partial charge in [-0.05, 0) is 94.6 Å². The third kappa shape index (κ3) is 14.8. The second-order valence-corrected chi connectivity index (χ2v) is 23.2. The minimum Gasteiger partial charge on any atom is -0.458 e. The SMILES string of the molecule is CCCN(CCC)CCCC[C@H](NC(=O)[C@@H](NC(=O)CCCCCn1cc(-c2cnc(S(C)(=O)=O)nc2)nn1)C(C)C)C(=O)NCC(=O)NCOC/C=C/c1c2c(nc3cc4c(cc13)OCO4)-c1cc3c(c(=O)n1C2)COC(=O)[C@]3(O)CC. The van der Waals surface area contributed by atoms with Crippen molar-refractivity contribution < 1.29 is 56.4 Å². The zero-order chi connectivity index (χ0) is 59.4. The number of unbranched alkanes of at least 4 members (excludes halogenated alkanes) is 3. The molecule has 1 aromatic carbocycles. The molecule has 4 amide bonds. The fourth-order valence-electron chi connectivity index (χ4n) is 10.3. The van der Waals surface area contributed by atoms with Gasteiger partial charge in [-0.2, -0.15) is 0 Å². The molecule has 4 aromatic heterocycles. The van der Waals surface area contributed by atoms with Gasteiger partial charge in [0.2, 0.25) is 45.4 Å². The van der Waals surface area contributed by atoms with Crippen molar-refractivity contribution in [2.45, 2.75) is 141 Å². The van der Waals surface area contributed by atoms with Crippen LogP contribution >= 0.6 is 0 Å². The summed E-state index contributed by atoms with van der Waals surface area (Å²) in [6, 6.07) is 3.31. The number of benzene rings is 1. The van der Waals surface area contributed by atoms with Crippen LogP contribution in [0.25, 0.3) is 39.6 Å². The van der Waals surface area contributed by atoms with Crippen molar-refractivity contribution in [1.29, 1.82) is 0 Å². The van der Waals surface area contributed by atoms with Gasteiger partial charge in [0.05, 0.1) is 48.4 Å². The predicted molar refractivity (Wildman–Crippen MR) is 304 cm³/mol. The summed E-state index contributed by atoms with van der Waals surface area (Å²) in [7, 11) is -3.54. The number of sulfone groups is 1. The van der Waals surface area contributed by atoms with Gasteiger partial charge >= 0.3 is 5.97 Å². The first-order chi connectivity index (χ1) is 39.8. The third-order valence-corrected chi connectivity index (χ3v) is 15.7. The van der Waals surface area contributed by atoms with Crippen LogP contribution in [-0.2, 0) is 68.6 Å². The van der Waals surface area contributed by atoms with Gasteiger partial charge in [0.15, 0.2) is 17.1 Å². The Balaban J connectivity index is 0.834. The molecule has 3 atom stereocenters. The molecule has 26 heteroatoms. The number of cyclic esters (lactones) is 1. The first-order valence-corrected chi connectivity index (χ1v) is 30.2. The lowest BCUT2D eigenvalue weighted by Crippen LogP contribution is -2.56. The zero-order valence-corrected chi connectivity index (χ0v) is 48.6. The highest BCUT2D eigenvalue weighted by atomic mass is 32.2. The molecule has 25 nitrogen and oxygen atoms in total. The smallest absolute Gasteiger partial charge is 0.343 e. The standard InChI is InChI=1S/C57H74N12O13S/c1-7-19-67(20-8-2)21-14-12-17-42(63-53(73)50(35(4)5)64-48(70)18-11-10-13-22-68-31-44(65-66-68)36-27-59-56(60-28-36)83(6,77)78)52(72)58-29-49(71)61-33-79-23-15-16-37-38-24-46-47(82-34-81-46)26-43(38)62-51-39(37)30-69-45(51)25-41-40(54(69)74)32-80-55(75)57(41,76)9-3/h15-16,24-28,31,35,42,50,76H,7-14,17-23,29-30,32-34H2,1-6H3,(H,58,72)(H,61,71)(H,63,73)(H,64,70)/b16-15+/t42-,50-,57-/m0/s1. The maximum atomic E-state index is 14.0. The number of aromatic nitrogens is 7. The highest BCUT2D eigenvalue weighted by Gasteiger charge is 2.45. The first kappa shape index (κ1) is 61.4. The molecule has 5 aromatic rings. The van der Waals surface area contributed by atoms with Gasteiger partial charge in [0, 0.05) is 59.8 Å². The number of nitrogens with zero attached hydrogens (tertiary/aromatic N) is 8. The zero-order valence-electron chi connectivity index (χ0n) is 47.8. The first-order valence-electron chi connectivity index (χ1n) is 28.3. The molecule has 0 unspecified atom stereocenters. The number of amides is 4. The number of carbonyl (C=O) groups is 5. The molecule has 0 radical (unpaired) electrons. The Bertz CT molecular complexity index is 3400. The van der Waals surface area contributed by atoms with Crippen LogP contribution in [0.4, 0.5) is 0 Å². The van der Waals surface area contributed by atoms with Crippen LogP contribution in [0.2, 0.25) is 0 Å². The Kier molecular flexibility index (Phi) is 20.4. The summed E-state index contributed by atoms with van der Waals surface area (Å²) in [5.74, 6) is -1.99. The molecular weight excluding hydrogens is 1090 g/mol. The normalized spacial score (nSPS) is 15.9. The summed E-state index contributed by atoms with van der Waals surface area (Å²) < 4.78 is 49.0. The van der Waals surface area contributed by atoms with Crippen LogP contribution in [0.3, 0.4) is 0 Å². The number of ether oxygens (including phenoxy) is 4. The maximum Gasteiger partial charge on any atom is 0.343 e. The summed E-state index contributed by atoms with van der Waals surface area (Å²) in [5, 5.41) is 31.2. The lowest BCUT2D eigenvalue weighted by Gasteiger charge is -2.31. The lowest BCUT2D eigenvalue weighted by atomic mass is 9.86. The van der Waals surface area contributed by atoms with E-state index in [1.165, 1.54) is 12.4 Å². The number of aliphatic hydroxyl groups is 1. The van der Waals surface area contributed by atoms with Crippen LogP contribution in [0.15, 0.2) is 52.8 Å². The average Bonchev–Trinajstić information content (AvgIpc) is 2.04. The molecule has 5 N–H and O–H groups in total. The number of nitrogens with one attached hydrogen (secondary N) is 4. The quantitative estimate of drug-likeness (QED) is 0.0186. The number of hydrogen-bond acceptors (Lipinski definition) is 19. The Morgan fingerprint density at radius 3 is 2.35 bits per heavy atom. The van der Waals surface area contributed by atoms with E-state index in [9.17, 15) is 42.3 Å². The van der Waals surface area contributed by atoms with E-state index in [-0.39, 0.29) is 74.2 Å². The van der Waals surface area contributed by atoms with E-state index >= 15 is 0 Å². The maximum absolute atomic E-state index is 14.0. The number of carbonyl (C=O) groups excluding carboxylic acids is 5. The fraction of sp³-hybridized carbons (Fsp3) is 0.526. The number of aryl methyl sites for hydroxylation is 1. The minimum absolute atomic E-state index is 0.00443. The summed E-state index contributed by atoms with van der Waals surface area (Å²) in [5.41, 5.74) is 1.97. The molecule has 3 aliphatic rings. The van der Waals surface area contributed by atoms with Gasteiger partial charge in [-0.25, -0.2) is 28.2 Å². The van der Waals surface area contributed by atoms with Crippen molar-refractivity contribution in [3.05, 3.63) is 75.5 Å². The molecule has 8 rings (SSSR count). The van der Waals surface area contributed by atoms with Crippen molar-refractivity contribution in [2.24, 2.45) is 5.92 Å². The fourth-order valence-corrected chi connectivity index (χ4v) is 10.8. The molecule has 7 heterocycles. The van der Waals surface area contributed by atoms with Crippen molar-refractivity contribution in [2.75, 3.05) is 52.6 Å². The average molecular weight is 1170 g/mol. The molecule has 83 heavy (non-hydrogen) atoms.